The first-order valence-corrected chi connectivity index (χ1v) is 7.96. The van der Waals surface area contributed by atoms with Crippen molar-refractivity contribution in [1.82, 2.24) is 9.88 Å². The van der Waals surface area contributed by atoms with Crippen LogP contribution in [0.4, 0.5) is 0 Å². The summed E-state index contributed by atoms with van der Waals surface area (Å²) < 4.78 is 5.95. The summed E-state index contributed by atoms with van der Waals surface area (Å²) in [5.41, 5.74) is 3.73. The largest absolute Gasteiger partial charge is 0.497 e. The number of carbonyl (C=O) groups is 1. The van der Waals surface area contributed by atoms with E-state index in [0.29, 0.717) is 13.1 Å². The number of nitrogens with zero attached hydrogens (tertiary/aromatic N) is 2. The number of aromatic nitrogens is 1. The van der Waals surface area contributed by atoms with Crippen molar-refractivity contribution in [3.05, 3.63) is 57.3 Å². The first-order valence-electron chi connectivity index (χ1n) is 7.16. The molecule has 0 N–H and O–H groups in total. The molecule has 1 aliphatic heterocycles. The highest BCUT2D eigenvalue weighted by atomic mass is 79.9. The molecular formula is C17H17BrN2O2. The molecule has 0 fully saturated rings. The Morgan fingerprint density at radius 1 is 1.32 bits per heavy atom. The van der Waals surface area contributed by atoms with E-state index in [1.165, 1.54) is 0 Å². The van der Waals surface area contributed by atoms with Gasteiger partial charge in [-0.25, -0.2) is 4.98 Å². The second kappa shape index (κ2) is 6.08. The molecule has 0 atom stereocenters. The first kappa shape index (κ1) is 15.0. The summed E-state index contributed by atoms with van der Waals surface area (Å²) in [6.45, 7) is 3.23. The number of hydrogen-bond donors (Lipinski definition) is 0. The van der Waals surface area contributed by atoms with Gasteiger partial charge in [0.05, 0.1) is 7.11 Å². The van der Waals surface area contributed by atoms with E-state index < -0.39 is 0 Å². The number of halogens is 1. The molecule has 3 rings (SSSR count). The molecular weight excluding hydrogens is 344 g/mol. The quantitative estimate of drug-likeness (QED) is 0.788. The Bertz CT molecular complexity index is 713. The minimum Gasteiger partial charge on any atom is -0.497 e. The van der Waals surface area contributed by atoms with E-state index in [4.69, 9.17) is 4.74 Å². The zero-order valence-corrected chi connectivity index (χ0v) is 14.2. The number of carbonyl (C=O) groups excluding carboxylic acids is 1. The number of ether oxygens (including phenoxy) is 1. The molecule has 0 saturated heterocycles. The fraction of sp³-hybridized carbons (Fsp3) is 0.294. The molecule has 4 nitrogen and oxygen atoms in total. The Balaban J connectivity index is 1.83. The summed E-state index contributed by atoms with van der Waals surface area (Å²) in [4.78, 5) is 19.0. The highest BCUT2D eigenvalue weighted by molar-refractivity contribution is 9.10. The number of pyridine rings is 1. The van der Waals surface area contributed by atoms with E-state index in [1.54, 1.807) is 7.11 Å². The van der Waals surface area contributed by atoms with Crippen molar-refractivity contribution in [2.75, 3.05) is 13.7 Å². The fourth-order valence-corrected chi connectivity index (χ4v) is 3.40. The van der Waals surface area contributed by atoms with Crippen molar-refractivity contribution < 1.29 is 9.53 Å². The average molecular weight is 361 g/mol. The minimum absolute atomic E-state index is 0.0725. The van der Waals surface area contributed by atoms with Gasteiger partial charge in [0.2, 0.25) is 0 Å². The van der Waals surface area contributed by atoms with E-state index in [1.807, 2.05) is 42.2 Å². The Morgan fingerprint density at radius 3 is 2.73 bits per heavy atom. The molecule has 1 aromatic heterocycles. The molecule has 0 saturated carbocycles. The van der Waals surface area contributed by atoms with Crippen molar-refractivity contribution in [2.45, 2.75) is 19.9 Å². The lowest BCUT2D eigenvalue weighted by Gasteiger charge is -2.29. The summed E-state index contributed by atoms with van der Waals surface area (Å²) in [5, 5.41) is 0. The molecule has 2 aromatic rings. The number of hydrogen-bond acceptors (Lipinski definition) is 3. The third kappa shape index (κ3) is 2.86. The normalized spacial score (nSPS) is 14.0. The maximum Gasteiger partial charge on any atom is 0.254 e. The molecule has 0 spiro atoms. The van der Waals surface area contributed by atoms with E-state index in [9.17, 15) is 4.79 Å². The van der Waals surface area contributed by atoms with Gasteiger partial charge in [-0.2, -0.15) is 0 Å². The summed E-state index contributed by atoms with van der Waals surface area (Å²) in [6.07, 6.45) is 0.824. The monoisotopic (exact) mass is 360 g/mol. The summed E-state index contributed by atoms with van der Waals surface area (Å²) >= 11 is 3.47. The maximum atomic E-state index is 12.7. The van der Waals surface area contributed by atoms with Crippen LogP contribution in [0.3, 0.4) is 0 Å². The van der Waals surface area contributed by atoms with Crippen molar-refractivity contribution in [2.24, 2.45) is 0 Å². The van der Waals surface area contributed by atoms with Gasteiger partial charge in [-0.3, -0.25) is 4.79 Å². The second-order valence-corrected chi connectivity index (χ2v) is 6.16. The van der Waals surface area contributed by atoms with Crippen LogP contribution in [0.25, 0.3) is 0 Å². The Hall–Kier alpha value is -1.88. The third-order valence-electron chi connectivity index (χ3n) is 3.88. The topological polar surface area (TPSA) is 42.4 Å². The molecule has 5 heteroatoms. The third-order valence-corrected chi connectivity index (χ3v) is 4.54. The van der Waals surface area contributed by atoms with E-state index >= 15 is 0 Å². The summed E-state index contributed by atoms with van der Waals surface area (Å²) in [7, 11) is 1.65. The van der Waals surface area contributed by atoms with Crippen molar-refractivity contribution >= 4 is 21.8 Å². The molecule has 0 aliphatic carbocycles. The van der Waals surface area contributed by atoms with E-state index in [0.717, 1.165) is 39.2 Å². The minimum atomic E-state index is 0.0725. The van der Waals surface area contributed by atoms with Crippen LogP contribution in [0.1, 0.15) is 27.2 Å². The summed E-state index contributed by atoms with van der Waals surface area (Å²) in [6, 6.07) is 9.71. The van der Waals surface area contributed by atoms with Crippen LogP contribution in [-0.2, 0) is 13.0 Å². The van der Waals surface area contributed by atoms with Gasteiger partial charge in [-0.1, -0.05) is 12.1 Å². The zero-order chi connectivity index (χ0) is 15.7. The lowest BCUT2D eigenvalue weighted by molar-refractivity contribution is 0.0726. The van der Waals surface area contributed by atoms with Gasteiger partial charge in [0.25, 0.3) is 5.91 Å². The molecule has 22 heavy (non-hydrogen) atoms. The zero-order valence-electron chi connectivity index (χ0n) is 12.6. The number of methoxy groups -OCH3 is 1. The predicted molar refractivity (Wildman–Crippen MR) is 88.1 cm³/mol. The van der Waals surface area contributed by atoms with Crippen LogP contribution in [-0.4, -0.2) is 29.4 Å². The van der Waals surface area contributed by atoms with Gasteiger partial charge >= 0.3 is 0 Å². The van der Waals surface area contributed by atoms with Gasteiger partial charge in [-0.05, 0) is 58.6 Å². The van der Waals surface area contributed by atoms with Crippen LogP contribution in [0, 0.1) is 6.92 Å². The van der Waals surface area contributed by atoms with Crippen LogP contribution in [0.2, 0.25) is 0 Å². The van der Waals surface area contributed by atoms with Crippen LogP contribution < -0.4 is 4.74 Å². The Kier molecular flexibility index (Phi) is 4.16. The molecule has 2 heterocycles. The number of aryl methyl sites for hydroxylation is 1. The highest BCUT2D eigenvalue weighted by Gasteiger charge is 2.26. The van der Waals surface area contributed by atoms with Crippen LogP contribution in [0.15, 0.2) is 34.9 Å². The summed E-state index contributed by atoms with van der Waals surface area (Å²) in [5.74, 6) is 0.896. The smallest absolute Gasteiger partial charge is 0.254 e. The van der Waals surface area contributed by atoms with Crippen molar-refractivity contribution in [3.63, 3.8) is 0 Å². The molecule has 1 aromatic carbocycles. The van der Waals surface area contributed by atoms with Gasteiger partial charge in [-0.15, -0.1) is 0 Å². The average Bonchev–Trinajstić information content (AvgIpc) is 2.51. The van der Waals surface area contributed by atoms with Crippen LogP contribution in [0.5, 0.6) is 5.75 Å². The van der Waals surface area contributed by atoms with Gasteiger partial charge < -0.3 is 9.64 Å². The predicted octanol–water partition coefficient (Wildman–Crippen LogP) is 3.36. The molecule has 0 radical (unpaired) electrons. The number of amides is 1. The molecule has 1 aliphatic rings. The molecule has 0 bridgehead atoms. The molecule has 0 unspecified atom stereocenters. The SMILES string of the molecule is COc1ccc(CN2CCc3c(cc(C)nc3Br)C2=O)cc1. The highest BCUT2D eigenvalue weighted by Crippen LogP contribution is 2.27. The van der Waals surface area contributed by atoms with Gasteiger partial charge in [0, 0.05) is 24.3 Å². The molecule has 1 amide bonds. The fourth-order valence-electron chi connectivity index (χ4n) is 2.71. The Labute approximate surface area is 138 Å². The lowest BCUT2D eigenvalue weighted by Crippen LogP contribution is -2.37. The standard InChI is InChI=1S/C17H17BrN2O2/c1-11-9-15-14(16(18)19-11)7-8-20(17(15)21)10-12-3-5-13(22-2)6-4-12/h3-6,9H,7-8,10H2,1-2H3. The maximum absolute atomic E-state index is 12.7. The molecule has 114 valence electrons. The van der Waals surface area contributed by atoms with E-state index in [2.05, 4.69) is 20.9 Å². The van der Waals surface area contributed by atoms with Gasteiger partial charge in [0.1, 0.15) is 10.4 Å². The van der Waals surface area contributed by atoms with Crippen molar-refractivity contribution in [3.8, 4) is 5.75 Å². The van der Waals surface area contributed by atoms with Crippen LogP contribution >= 0.6 is 15.9 Å². The van der Waals surface area contributed by atoms with Gasteiger partial charge in [0.15, 0.2) is 0 Å². The first-order chi connectivity index (χ1) is 10.6. The number of benzene rings is 1. The van der Waals surface area contributed by atoms with Crippen molar-refractivity contribution in [1.29, 1.82) is 0 Å². The van der Waals surface area contributed by atoms with E-state index in [-0.39, 0.29) is 5.91 Å². The lowest BCUT2D eigenvalue weighted by atomic mass is 10.00. The number of rotatable bonds is 3. The Morgan fingerprint density at radius 2 is 2.05 bits per heavy atom. The second-order valence-electron chi connectivity index (χ2n) is 5.41. The number of fused-ring (bicyclic) bond motifs is 1.